The van der Waals surface area contributed by atoms with E-state index in [2.05, 4.69) is 20.7 Å². The third-order valence-electron chi connectivity index (χ3n) is 3.96. The molecule has 3 rings (SSSR count). The number of halogens is 2. The third kappa shape index (κ3) is 4.79. The summed E-state index contributed by atoms with van der Waals surface area (Å²) in [6.07, 6.45) is 12.8. The summed E-state index contributed by atoms with van der Waals surface area (Å²) >= 11 is 0. The molecule has 2 N–H and O–H groups in total. The zero-order valence-electron chi connectivity index (χ0n) is 15.2. The first-order valence-electron chi connectivity index (χ1n) is 8.62. The van der Waals surface area contributed by atoms with Gasteiger partial charge in [0, 0.05) is 24.0 Å². The lowest BCUT2D eigenvalue weighted by Crippen LogP contribution is -2.20. The summed E-state index contributed by atoms with van der Waals surface area (Å²) in [5.74, 6) is -1.30. The molecular weight excluding hydrogens is 364 g/mol. The Balaban J connectivity index is 1.73. The van der Waals surface area contributed by atoms with Gasteiger partial charge in [0.05, 0.1) is 6.54 Å². The second-order valence-electron chi connectivity index (χ2n) is 6.00. The van der Waals surface area contributed by atoms with Crippen molar-refractivity contribution in [2.45, 2.75) is 6.42 Å². The molecule has 0 saturated heterocycles. The summed E-state index contributed by atoms with van der Waals surface area (Å²) < 4.78 is 28.1. The van der Waals surface area contributed by atoms with E-state index in [9.17, 15) is 13.6 Å². The van der Waals surface area contributed by atoms with Gasteiger partial charge in [0.15, 0.2) is 17.5 Å². The van der Waals surface area contributed by atoms with Gasteiger partial charge in [-0.2, -0.15) is 4.98 Å². The fraction of sp³-hybridized carbons (Fsp3) is 0.150. The quantitative estimate of drug-likeness (QED) is 0.567. The molecule has 0 radical (unpaired) electrons. The molecule has 0 fully saturated rings. The maximum absolute atomic E-state index is 13.5. The molecule has 0 amide bonds. The van der Waals surface area contributed by atoms with Crippen molar-refractivity contribution in [3.8, 4) is 11.4 Å². The highest BCUT2D eigenvalue weighted by atomic mass is 19.2. The predicted molar refractivity (Wildman–Crippen MR) is 103 cm³/mol. The summed E-state index contributed by atoms with van der Waals surface area (Å²) in [5.41, 5.74) is 1.86. The molecule has 1 aromatic heterocycles. The van der Waals surface area contributed by atoms with Gasteiger partial charge in [-0.25, -0.2) is 13.5 Å². The van der Waals surface area contributed by atoms with E-state index in [0.717, 1.165) is 24.3 Å². The molecule has 0 bridgehead atoms. The molecular formula is C20H19F2N5O. The number of hydrogen-bond donors (Lipinski definition) is 2. The van der Waals surface area contributed by atoms with Crippen LogP contribution in [0, 0.1) is 11.6 Å². The highest BCUT2D eigenvalue weighted by Gasteiger charge is 2.13. The first-order valence-corrected chi connectivity index (χ1v) is 8.62. The molecule has 0 aliphatic heterocycles. The lowest BCUT2D eigenvalue weighted by atomic mass is 10.2. The SMILES string of the molecule is Cn1nc(-c2ccc(F)c(F)c2)nc1N/C(=C\C=O)CNC1=CCC=CC=C1. The van der Waals surface area contributed by atoms with Crippen LogP contribution in [0.1, 0.15) is 6.42 Å². The average molecular weight is 383 g/mol. The van der Waals surface area contributed by atoms with Gasteiger partial charge < -0.3 is 10.6 Å². The zero-order chi connectivity index (χ0) is 19.9. The molecule has 0 saturated carbocycles. The van der Waals surface area contributed by atoms with Crippen molar-refractivity contribution >= 4 is 12.2 Å². The van der Waals surface area contributed by atoms with Gasteiger partial charge in [0.2, 0.25) is 5.95 Å². The van der Waals surface area contributed by atoms with E-state index < -0.39 is 11.6 Å². The van der Waals surface area contributed by atoms with Crippen molar-refractivity contribution < 1.29 is 13.6 Å². The average Bonchev–Trinajstić information content (AvgIpc) is 2.88. The standard InChI is InChI=1S/C20H19F2N5O/c1-27-20(25-19(26-27)14-8-9-17(21)18(22)12-14)24-16(10-11-28)13-23-15-6-4-2-3-5-7-15/h2-4,6-12,23H,5,13H2,1H3,(H,24,25,26)/b16-10-. The molecule has 1 aromatic carbocycles. The number of carbonyl (C=O) groups is 1. The van der Waals surface area contributed by atoms with Crippen LogP contribution in [0.3, 0.4) is 0 Å². The molecule has 0 spiro atoms. The summed E-state index contributed by atoms with van der Waals surface area (Å²) in [5, 5.41) is 10.5. The molecule has 1 aliphatic rings. The van der Waals surface area contributed by atoms with E-state index in [0.29, 0.717) is 30.0 Å². The number of allylic oxidation sites excluding steroid dienone is 6. The normalized spacial score (nSPS) is 13.8. The molecule has 1 aliphatic carbocycles. The van der Waals surface area contributed by atoms with Crippen LogP contribution in [-0.2, 0) is 11.8 Å². The number of hydrogen-bond acceptors (Lipinski definition) is 5. The van der Waals surface area contributed by atoms with Crippen LogP contribution in [0.2, 0.25) is 0 Å². The first kappa shape index (κ1) is 19.2. The number of anilines is 1. The lowest BCUT2D eigenvalue weighted by Gasteiger charge is -2.12. The fourth-order valence-electron chi connectivity index (χ4n) is 2.53. The Kier molecular flexibility index (Phi) is 6.11. The number of carbonyl (C=O) groups excluding carboxylic acids is 1. The Hall–Kier alpha value is -3.55. The minimum Gasteiger partial charge on any atom is -0.380 e. The van der Waals surface area contributed by atoms with E-state index in [1.54, 1.807) is 7.05 Å². The summed E-state index contributed by atoms with van der Waals surface area (Å²) in [6, 6.07) is 3.47. The van der Waals surface area contributed by atoms with Crippen LogP contribution >= 0.6 is 0 Å². The number of nitrogens with zero attached hydrogens (tertiary/aromatic N) is 3. The summed E-state index contributed by atoms with van der Waals surface area (Å²) in [4.78, 5) is 15.3. The molecule has 6 nitrogen and oxygen atoms in total. The summed E-state index contributed by atoms with van der Waals surface area (Å²) in [6.45, 7) is 0.363. The molecule has 28 heavy (non-hydrogen) atoms. The highest BCUT2D eigenvalue weighted by molar-refractivity contribution is 5.68. The number of rotatable bonds is 7. The number of nitrogens with one attached hydrogen (secondary N) is 2. The van der Waals surface area contributed by atoms with Crippen molar-refractivity contribution in [2.24, 2.45) is 7.05 Å². The molecule has 144 valence electrons. The molecule has 8 heteroatoms. The predicted octanol–water partition coefficient (Wildman–Crippen LogP) is 3.24. The van der Waals surface area contributed by atoms with Crippen LogP contribution in [-0.4, -0.2) is 27.6 Å². The number of aryl methyl sites for hydroxylation is 1. The minimum atomic E-state index is -0.968. The number of aldehydes is 1. The Morgan fingerprint density at radius 3 is 2.93 bits per heavy atom. The van der Waals surface area contributed by atoms with Gasteiger partial charge in [-0.15, -0.1) is 5.10 Å². The van der Waals surface area contributed by atoms with Gasteiger partial charge >= 0.3 is 0 Å². The van der Waals surface area contributed by atoms with Crippen molar-refractivity contribution in [3.05, 3.63) is 77.7 Å². The van der Waals surface area contributed by atoms with Crippen LogP contribution in [0.5, 0.6) is 0 Å². The second-order valence-corrected chi connectivity index (χ2v) is 6.00. The van der Waals surface area contributed by atoms with Crippen molar-refractivity contribution in [2.75, 3.05) is 11.9 Å². The fourth-order valence-corrected chi connectivity index (χ4v) is 2.53. The number of aromatic nitrogens is 3. The molecule has 1 heterocycles. The van der Waals surface area contributed by atoms with Gasteiger partial charge in [-0.05, 0) is 36.8 Å². The van der Waals surface area contributed by atoms with Gasteiger partial charge in [-0.3, -0.25) is 4.79 Å². The molecule has 0 atom stereocenters. The minimum absolute atomic E-state index is 0.239. The first-order chi connectivity index (χ1) is 13.6. The largest absolute Gasteiger partial charge is 0.380 e. The topological polar surface area (TPSA) is 71.8 Å². The maximum Gasteiger partial charge on any atom is 0.225 e. The second kappa shape index (κ2) is 8.90. The van der Waals surface area contributed by atoms with E-state index >= 15 is 0 Å². The molecule has 0 unspecified atom stereocenters. The smallest absolute Gasteiger partial charge is 0.225 e. The van der Waals surface area contributed by atoms with Crippen molar-refractivity contribution in [1.82, 2.24) is 20.1 Å². The van der Waals surface area contributed by atoms with E-state index in [-0.39, 0.29) is 5.82 Å². The van der Waals surface area contributed by atoms with Gasteiger partial charge in [0.1, 0.15) is 6.29 Å². The lowest BCUT2D eigenvalue weighted by molar-refractivity contribution is -0.104. The van der Waals surface area contributed by atoms with E-state index in [4.69, 9.17) is 0 Å². The van der Waals surface area contributed by atoms with Crippen LogP contribution in [0.25, 0.3) is 11.4 Å². The Morgan fingerprint density at radius 2 is 2.14 bits per heavy atom. The van der Waals surface area contributed by atoms with E-state index in [1.165, 1.54) is 16.8 Å². The third-order valence-corrected chi connectivity index (χ3v) is 3.96. The Labute approximate surface area is 161 Å². The summed E-state index contributed by atoms with van der Waals surface area (Å²) in [7, 11) is 1.66. The van der Waals surface area contributed by atoms with Crippen LogP contribution in [0.15, 0.2) is 66.0 Å². The zero-order valence-corrected chi connectivity index (χ0v) is 15.2. The van der Waals surface area contributed by atoms with E-state index in [1.807, 2.05) is 30.4 Å². The van der Waals surface area contributed by atoms with Crippen molar-refractivity contribution in [1.29, 1.82) is 0 Å². The Morgan fingerprint density at radius 1 is 1.29 bits per heavy atom. The number of benzene rings is 1. The van der Waals surface area contributed by atoms with Crippen LogP contribution in [0.4, 0.5) is 14.7 Å². The Bertz CT molecular complexity index is 988. The monoisotopic (exact) mass is 383 g/mol. The maximum atomic E-state index is 13.5. The van der Waals surface area contributed by atoms with Crippen molar-refractivity contribution in [3.63, 3.8) is 0 Å². The van der Waals surface area contributed by atoms with Crippen LogP contribution < -0.4 is 10.6 Å². The van der Waals surface area contributed by atoms with Gasteiger partial charge in [0.25, 0.3) is 0 Å². The van der Waals surface area contributed by atoms with Gasteiger partial charge in [-0.1, -0.05) is 24.3 Å². The molecule has 2 aromatic rings. The highest BCUT2D eigenvalue weighted by Crippen LogP contribution is 2.20.